The predicted octanol–water partition coefficient (Wildman–Crippen LogP) is 5.04. The third-order valence-electron chi connectivity index (χ3n) is 4.05. The van der Waals surface area contributed by atoms with Gasteiger partial charge in [0.1, 0.15) is 17.3 Å². The maximum absolute atomic E-state index is 13.1. The molecule has 7 heteroatoms. The second-order valence-electron chi connectivity index (χ2n) is 6.09. The van der Waals surface area contributed by atoms with Crippen molar-refractivity contribution in [1.82, 2.24) is 14.8 Å². The first-order chi connectivity index (χ1) is 13.6. The summed E-state index contributed by atoms with van der Waals surface area (Å²) in [6.07, 6.45) is 1.46. The van der Waals surface area contributed by atoms with Crippen LogP contribution >= 0.6 is 11.8 Å². The number of nitrogens with zero attached hydrogens (tertiary/aromatic N) is 3. The molecule has 0 aliphatic rings. The number of hydrogen-bond acceptors (Lipinski definition) is 5. The number of ether oxygens (including phenoxy) is 2. The molecule has 0 aliphatic carbocycles. The molecule has 0 N–H and O–H groups in total. The number of methoxy groups -OCH3 is 1. The van der Waals surface area contributed by atoms with Gasteiger partial charge in [-0.1, -0.05) is 30.0 Å². The Morgan fingerprint density at radius 1 is 1.18 bits per heavy atom. The molecule has 1 atom stereocenters. The molecular formula is C21H22FN3O2S. The third-order valence-corrected chi connectivity index (χ3v) is 5.09. The second-order valence-corrected chi connectivity index (χ2v) is 7.04. The summed E-state index contributed by atoms with van der Waals surface area (Å²) in [5, 5.41) is 9.43. The largest absolute Gasteiger partial charge is 0.497 e. The van der Waals surface area contributed by atoms with Crippen molar-refractivity contribution in [2.45, 2.75) is 30.5 Å². The molecule has 0 fully saturated rings. The van der Waals surface area contributed by atoms with Gasteiger partial charge in [-0.2, -0.15) is 0 Å². The highest BCUT2D eigenvalue weighted by atomic mass is 32.2. The quantitative estimate of drug-likeness (QED) is 0.372. The Kier molecular flexibility index (Phi) is 6.71. The first kappa shape index (κ1) is 19.9. The molecule has 0 bridgehead atoms. The second kappa shape index (κ2) is 9.41. The average molecular weight is 399 g/mol. The highest BCUT2D eigenvalue weighted by Gasteiger charge is 2.19. The van der Waals surface area contributed by atoms with E-state index in [2.05, 4.69) is 16.8 Å². The van der Waals surface area contributed by atoms with Crippen molar-refractivity contribution in [3.8, 4) is 11.5 Å². The van der Waals surface area contributed by atoms with Crippen LogP contribution in [0.25, 0.3) is 0 Å². The number of allylic oxidation sites excluding steroid dienone is 1. The van der Waals surface area contributed by atoms with E-state index in [0.717, 1.165) is 22.2 Å². The van der Waals surface area contributed by atoms with Gasteiger partial charge in [0.15, 0.2) is 17.1 Å². The Morgan fingerprint density at radius 3 is 2.68 bits per heavy atom. The summed E-state index contributed by atoms with van der Waals surface area (Å²) >= 11 is 1.59. The van der Waals surface area contributed by atoms with Crippen LogP contribution in [0.5, 0.6) is 11.5 Å². The zero-order chi connectivity index (χ0) is 19.9. The van der Waals surface area contributed by atoms with E-state index in [0.29, 0.717) is 18.1 Å². The van der Waals surface area contributed by atoms with Gasteiger partial charge >= 0.3 is 0 Å². The number of rotatable bonds is 9. The van der Waals surface area contributed by atoms with Crippen LogP contribution in [0, 0.1) is 5.82 Å². The number of aromatic nitrogens is 3. The van der Waals surface area contributed by atoms with Crippen molar-refractivity contribution in [2.24, 2.45) is 0 Å². The molecule has 0 saturated heterocycles. The van der Waals surface area contributed by atoms with Gasteiger partial charge in [0.2, 0.25) is 0 Å². The summed E-state index contributed by atoms with van der Waals surface area (Å²) in [6.45, 7) is 6.29. The zero-order valence-corrected chi connectivity index (χ0v) is 16.7. The van der Waals surface area contributed by atoms with E-state index >= 15 is 0 Å². The Morgan fingerprint density at radius 2 is 1.96 bits per heavy atom. The highest BCUT2D eigenvalue weighted by molar-refractivity contribution is 7.98. The van der Waals surface area contributed by atoms with Crippen molar-refractivity contribution in [1.29, 1.82) is 0 Å². The van der Waals surface area contributed by atoms with E-state index in [1.54, 1.807) is 37.1 Å². The number of halogens is 1. The predicted molar refractivity (Wildman–Crippen MR) is 108 cm³/mol. The van der Waals surface area contributed by atoms with Crippen LogP contribution in [-0.2, 0) is 12.3 Å². The average Bonchev–Trinajstić information content (AvgIpc) is 3.11. The molecule has 146 valence electrons. The summed E-state index contributed by atoms with van der Waals surface area (Å²) in [5.41, 5.74) is 1.13. The van der Waals surface area contributed by atoms with Crippen LogP contribution in [0.4, 0.5) is 4.39 Å². The lowest BCUT2D eigenvalue weighted by atomic mass is 10.2. The lowest BCUT2D eigenvalue weighted by Gasteiger charge is -2.15. The molecule has 0 spiro atoms. The van der Waals surface area contributed by atoms with Gasteiger partial charge in [-0.3, -0.25) is 4.57 Å². The van der Waals surface area contributed by atoms with E-state index < -0.39 is 0 Å². The monoisotopic (exact) mass is 399 g/mol. The van der Waals surface area contributed by atoms with Crippen LogP contribution in [0.15, 0.2) is 66.3 Å². The van der Waals surface area contributed by atoms with Gasteiger partial charge in [0.25, 0.3) is 0 Å². The Hall–Kier alpha value is -2.80. The lowest BCUT2D eigenvalue weighted by Crippen LogP contribution is -2.12. The minimum Gasteiger partial charge on any atom is -0.497 e. The lowest BCUT2D eigenvalue weighted by molar-refractivity contribution is 0.210. The highest BCUT2D eigenvalue weighted by Crippen LogP contribution is 2.27. The van der Waals surface area contributed by atoms with Gasteiger partial charge in [-0.05, 0) is 48.9 Å². The maximum Gasteiger partial charge on any atom is 0.191 e. The summed E-state index contributed by atoms with van der Waals surface area (Å²) < 4.78 is 26.2. The molecule has 28 heavy (non-hydrogen) atoms. The van der Waals surface area contributed by atoms with Gasteiger partial charge in [-0.25, -0.2) is 4.39 Å². The fourth-order valence-electron chi connectivity index (χ4n) is 2.69. The van der Waals surface area contributed by atoms with Crippen molar-refractivity contribution in [3.63, 3.8) is 0 Å². The van der Waals surface area contributed by atoms with Crippen LogP contribution in [-0.4, -0.2) is 21.9 Å². The first-order valence-corrected chi connectivity index (χ1v) is 9.81. The molecule has 0 amide bonds. The fourth-order valence-corrected chi connectivity index (χ4v) is 3.59. The van der Waals surface area contributed by atoms with Crippen LogP contribution in [0.3, 0.4) is 0 Å². The van der Waals surface area contributed by atoms with Gasteiger partial charge in [-0.15, -0.1) is 16.8 Å². The smallest absolute Gasteiger partial charge is 0.191 e. The van der Waals surface area contributed by atoms with Crippen LogP contribution in [0.1, 0.15) is 24.4 Å². The minimum absolute atomic E-state index is 0.300. The number of thioether (sulfide) groups is 1. The van der Waals surface area contributed by atoms with E-state index in [-0.39, 0.29) is 11.9 Å². The van der Waals surface area contributed by atoms with Gasteiger partial charge < -0.3 is 9.47 Å². The molecule has 0 aliphatic heterocycles. The Balaban J connectivity index is 1.74. The molecule has 0 saturated carbocycles. The van der Waals surface area contributed by atoms with Crippen LogP contribution in [0.2, 0.25) is 0 Å². The topological polar surface area (TPSA) is 49.2 Å². The zero-order valence-electron chi connectivity index (χ0n) is 15.8. The molecule has 1 heterocycles. The molecular weight excluding hydrogens is 377 g/mol. The maximum atomic E-state index is 13.1. The Labute approximate surface area is 168 Å². The van der Waals surface area contributed by atoms with E-state index in [4.69, 9.17) is 9.47 Å². The summed E-state index contributed by atoms with van der Waals surface area (Å²) in [6, 6.07) is 13.9. The molecule has 0 radical (unpaired) electrons. The SMILES string of the molecule is C=CCn1c(SCc2cccc(OC)c2)nnc1C(C)Oc1ccc(F)cc1. The Bertz CT molecular complexity index is 928. The first-order valence-electron chi connectivity index (χ1n) is 8.82. The van der Waals surface area contributed by atoms with Gasteiger partial charge in [0.05, 0.1) is 7.11 Å². The summed E-state index contributed by atoms with van der Waals surface area (Å²) in [7, 11) is 1.65. The summed E-state index contributed by atoms with van der Waals surface area (Å²) in [5.74, 6) is 2.53. The molecule has 5 nitrogen and oxygen atoms in total. The van der Waals surface area contributed by atoms with Gasteiger partial charge in [0, 0.05) is 12.3 Å². The normalized spacial score (nSPS) is 11.8. The molecule has 2 aromatic carbocycles. The number of hydrogen-bond donors (Lipinski definition) is 0. The standard InChI is InChI=1S/C21H22FN3O2S/c1-4-12-25-20(15(2)27-18-10-8-17(22)9-11-18)23-24-21(25)28-14-16-6-5-7-19(13-16)26-3/h4-11,13,15H,1,12,14H2,2-3H3. The van der Waals surface area contributed by atoms with Crippen LogP contribution < -0.4 is 9.47 Å². The molecule has 3 rings (SSSR count). The third kappa shape index (κ3) is 4.92. The van der Waals surface area contributed by atoms with Crippen molar-refractivity contribution in [3.05, 3.63) is 78.4 Å². The molecule has 3 aromatic rings. The molecule has 1 aromatic heterocycles. The van der Waals surface area contributed by atoms with Crippen molar-refractivity contribution in [2.75, 3.05) is 7.11 Å². The summed E-state index contributed by atoms with van der Waals surface area (Å²) in [4.78, 5) is 0. The van der Waals surface area contributed by atoms with E-state index in [1.165, 1.54) is 12.1 Å². The number of benzene rings is 2. The van der Waals surface area contributed by atoms with Crippen molar-refractivity contribution >= 4 is 11.8 Å². The van der Waals surface area contributed by atoms with E-state index in [9.17, 15) is 4.39 Å². The van der Waals surface area contributed by atoms with E-state index in [1.807, 2.05) is 35.8 Å². The molecule has 1 unspecified atom stereocenters. The van der Waals surface area contributed by atoms with Crippen molar-refractivity contribution < 1.29 is 13.9 Å². The fraction of sp³-hybridized carbons (Fsp3) is 0.238. The minimum atomic E-state index is -0.343.